The first-order valence-electron chi connectivity index (χ1n) is 5.12. The maximum Gasteiger partial charge on any atom is 0.328 e. The van der Waals surface area contributed by atoms with Crippen molar-refractivity contribution in [1.82, 2.24) is 15.1 Å². The van der Waals surface area contributed by atoms with E-state index in [2.05, 4.69) is 5.32 Å². The summed E-state index contributed by atoms with van der Waals surface area (Å²) < 4.78 is 24.3. The van der Waals surface area contributed by atoms with Crippen LogP contribution in [0.25, 0.3) is 0 Å². The van der Waals surface area contributed by atoms with Crippen LogP contribution in [0.2, 0.25) is 0 Å². The number of carboxylic acids is 1. The second-order valence-electron chi connectivity index (χ2n) is 3.84. The van der Waals surface area contributed by atoms with Gasteiger partial charge in [0, 0.05) is 13.6 Å². The van der Waals surface area contributed by atoms with Crippen LogP contribution in [0.3, 0.4) is 0 Å². The molecule has 1 rings (SSSR count). The minimum Gasteiger partial charge on any atom is -0.480 e. The fourth-order valence-electron chi connectivity index (χ4n) is 1.57. The van der Waals surface area contributed by atoms with Crippen molar-refractivity contribution in [1.29, 1.82) is 0 Å². The van der Waals surface area contributed by atoms with E-state index >= 15 is 0 Å². The van der Waals surface area contributed by atoms with Crippen LogP contribution < -0.4 is 5.32 Å². The number of aliphatic carboxylic acids is 1. The van der Waals surface area contributed by atoms with Crippen LogP contribution in [0, 0.1) is 0 Å². The highest BCUT2D eigenvalue weighted by molar-refractivity contribution is 5.90. The predicted molar refractivity (Wildman–Crippen MR) is 55.2 cm³/mol. The molecule has 18 heavy (non-hydrogen) atoms. The molecule has 1 aliphatic rings. The summed E-state index contributed by atoms with van der Waals surface area (Å²) >= 11 is 0. The molecule has 2 N–H and O–H groups in total. The normalized spacial score (nSPS) is 19.7. The Balaban J connectivity index is 2.78. The monoisotopic (exact) mass is 265 g/mol. The van der Waals surface area contributed by atoms with Gasteiger partial charge in [-0.3, -0.25) is 9.69 Å². The SMILES string of the molecule is CN(CC(F)F)C(=O)N1CC(=O)NCC1C(=O)O. The van der Waals surface area contributed by atoms with Gasteiger partial charge in [0.15, 0.2) is 0 Å². The molecule has 1 fully saturated rings. The number of rotatable bonds is 3. The van der Waals surface area contributed by atoms with Crippen molar-refractivity contribution in [3.8, 4) is 0 Å². The molecule has 0 aliphatic carbocycles. The second kappa shape index (κ2) is 5.61. The van der Waals surface area contributed by atoms with Crippen LogP contribution in [0.15, 0.2) is 0 Å². The number of carbonyl (C=O) groups excluding carboxylic acids is 2. The largest absolute Gasteiger partial charge is 0.480 e. The van der Waals surface area contributed by atoms with Crippen LogP contribution in [0.4, 0.5) is 13.6 Å². The van der Waals surface area contributed by atoms with E-state index in [4.69, 9.17) is 5.11 Å². The molecule has 1 saturated heterocycles. The fraction of sp³-hybridized carbons (Fsp3) is 0.667. The van der Waals surface area contributed by atoms with Gasteiger partial charge in [0.1, 0.15) is 12.6 Å². The number of hydrogen-bond donors (Lipinski definition) is 2. The van der Waals surface area contributed by atoms with Crippen molar-refractivity contribution in [2.45, 2.75) is 12.5 Å². The molecule has 1 aliphatic heterocycles. The summed E-state index contributed by atoms with van der Waals surface area (Å²) in [6.07, 6.45) is -2.72. The number of alkyl halides is 2. The molecule has 1 heterocycles. The zero-order valence-corrected chi connectivity index (χ0v) is 9.60. The molecule has 0 aromatic carbocycles. The van der Waals surface area contributed by atoms with Crippen molar-refractivity contribution < 1.29 is 28.3 Å². The molecule has 1 unspecified atom stereocenters. The average molecular weight is 265 g/mol. The van der Waals surface area contributed by atoms with Crippen molar-refractivity contribution in [2.75, 3.05) is 26.7 Å². The summed E-state index contributed by atoms with van der Waals surface area (Å²) in [7, 11) is 1.12. The number of nitrogens with one attached hydrogen (secondary N) is 1. The Morgan fingerprint density at radius 1 is 1.61 bits per heavy atom. The van der Waals surface area contributed by atoms with Gasteiger partial charge in [0.25, 0.3) is 6.43 Å². The van der Waals surface area contributed by atoms with E-state index in [-0.39, 0.29) is 6.54 Å². The average Bonchev–Trinajstić information content (AvgIpc) is 2.26. The summed E-state index contributed by atoms with van der Waals surface area (Å²) in [6.45, 7) is -1.50. The molecule has 0 radical (unpaired) electrons. The van der Waals surface area contributed by atoms with Gasteiger partial charge < -0.3 is 15.3 Å². The molecule has 0 saturated carbocycles. The number of urea groups is 1. The summed E-state index contributed by atoms with van der Waals surface area (Å²) in [5, 5.41) is 11.2. The number of hydrogen-bond acceptors (Lipinski definition) is 3. The van der Waals surface area contributed by atoms with Gasteiger partial charge in [0.2, 0.25) is 5.91 Å². The molecule has 0 spiro atoms. The minimum atomic E-state index is -2.72. The van der Waals surface area contributed by atoms with Crippen molar-refractivity contribution in [3.63, 3.8) is 0 Å². The summed E-state index contributed by atoms with van der Waals surface area (Å²) in [5.74, 6) is -1.82. The van der Waals surface area contributed by atoms with E-state index in [0.717, 1.165) is 11.9 Å². The molecule has 9 heteroatoms. The standard InChI is InChI=1S/C9H13F2N3O4/c1-13(3-6(10)11)9(18)14-4-7(15)12-2-5(14)8(16)17/h5-6H,2-4H2,1H3,(H,12,15)(H,16,17). The summed E-state index contributed by atoms with van der Waals surface area (Å²) in [6, 6.07) is -2.15. The third kappa shape index (κ3) is 3.28. The highest BCUT2D eigenvalue weighted by Crippen LogP contribution is 2.09. The van der Waals surface area contributed by atoms with Crippen LogP contribution >= 0.6 is 0 Å². The summed E-state index contributed by atoms with van der Waals surface area (Å²) in [5.41, 5.74) is 0. The van der Waals surface area contributed by atoms with Gasteiger partial charge in [-0.25, -0.2) is 18.4 Å². The zero-order chi connectivity index (χ0) is 13.9. The van der Waals surface area contributed by atoms with Crippen molar-refractivity contribution in [2.24, 2.45) is 0 Å². The molecule has 102 valence electrons. The first-order chi connectivity index (χ1) is 8.32. The van der Waals surface area contributed by atoms with Gasteiger partial charge in [-0.1, -0.05) is 0 Å². The molecule has 1 atom stereocenters. The van der Waals surface area contributed by atoms with Crippen LogP contribution in [-0.4, -0.2) is 72.0 Å². The van der Waals surface area contributed by atoms with Gasteiger partial charge in [-0.05, 0) is 0 Å². The molecule has 7 nitrogen and oxygen atoms in total. The van der Waals surface area contributed by atoms with Crippen molar-refractivity contribution in [3.05, 3.63) is 0 Å². The lowest BCUT2D eigenvalue weighted by Gasteiger charge is -2.35. The lowest BCUT2D eigenvalue weighted by Crippen LogP contribution is -2.61. The van der Waals surface area contributed by atoms with Crippen LogP contribution in [0.5, 0.6) is 0 Å². The third-order valence-electron chi connectivity index (χ3n) is 2.45. The Morgan fingerprint density at radius 3 is 2.72 bits per heavy atom. The number of carboxylic acid groups (broad SMARTS) is 1. The molecular weight excluding hydrogens is 252 g/mol. The molecular formula is C9H13F2N3O4. The second-order valence-corrected chi connectivity index (χ2v) is 3.84. The third-order valence-corrected chi connectivity index (χ3v) is 2.45. The molecule has 3 amide bonds. The maximum atomic E-state index is 12.1. The van der Waals surface area contributed by atoms with E-state index in [1.54, 1.807) is 0 Å². The van der Waals surface area contributed by atoms with Gasteiger partial charge >= 0.3 is 12.0 Å². The number of nitrogens with zero attached hydrogens (tertiary/aromatic N) is 2. The molecule has 0 aromatic heterocycles. The maximum absolute atomic E-state index is 12.1. The highest BCUT2D eigenvalue weighted by Gasteiger charge is 2.36. The Labute approximate surface area is 101 Å². The Morgan fingerprint density at radius 2 is 2.22 bits per heavy atom. The smallest absolute Gasteiger partial charge is 0.328 e. The quantitative estimate of drug-likeness (QED) is 0.698. The van der Waals surface area contributed by atoms with Gasteiger partial charge in [0.05, 0.1) is 6.54 Å². The number of amides is 3. The number of carbonyl (C=O) groups is 3. The van der Waals surface area contributed by atoms with E-state index in [0.29, 0.717) is 4.90 Å². The number of piperazine rings is 1. The Bertz CT molecular complexity index is 364. The van der Waals surface area contributed by atoms with Crippen LogP contribution in [0.1, 0.15) is 0 Å². The fourth-order valence-corrected chi connectivity index (χ4v) is 1.57. The Kier molecular flexibility index (Phi) is 4.40. The van der Waals surface area contributed by atoms with Crippen LogP contribution in [-0.2, 0) is 9.59 Å². The highest BCUT2D eigenvalue weighted by atomic mass is 19.3. The first kappa shape index (κ1) is 14.1. The lowest BCUT2D eigenvalue weighted by molar-refractivity contribution is -0.144. The van der Waals surface area contributed by atoms with Gasteiger partial charge in [-0.15, -0.1) is 0 Å². The van der Waals surface area contributed by atoms with Gasteiger partial charge in [-0.2, -0.15) is 0 Å². The van der Waals surface area contributed by atoms with E-state index in [1.807, 2.05) is 0 Å². The van der Waals surface area contributed by atoms with E-state index in [1.165, 1.54) is 0 Å². The first-order valence-corrected chi connectivity index (χ1v) is 5.12. The zero-order valence-electron chi connectivity index (χ0n) is 9.60. The van der Waals surface area contributed by atoms with E-state index < -0.39 is 43.5 Å². The predicted octanol–water partition coefficient (Wildman–Crippen LogP) is -0.812. The molecule has 0 bridgehead atoms. The van der Waals surface area contributed by atoms with Crippen molar-refractivity contribution >= 4 is 17.9 Å². The molecule has 0 aromatic rings. The number of halogens is 2. The lowest BCUT2D eigenvalue weighted by atomic mass is 10.2. The Hall–Kier alpha value is -1.93. The topological polar surface area (TPSA) is 90.0 Å². The van der Waals surface area contributed by atoms with E-state index in [9.17, 15) is 23.2 Å². The summed E-state index contributed by atoms with van der Waals surface area (Å²) in [4.78, 5) is 35.3. The minimum absolute atomic E-state index is 0.234.